The van der Waals surface area contributed by atoms with Crippen LogP contribution in [0, 0.1) is 5.92 Å². The Morgan fingerprint density at radius 3 is 2.32 bits per heavy atom. The van der Waals surface area contributed by atoms with Crippen molar-refractivity contribution in [1.82, 2.24) is 10.6 Å². The molecule has 2 N–H and O–H groups in total. The van der Waals surface area contributed by atoms with E-state index in [1.165, 1.54) is 12.1 Å². The lowest BCUT2D eigenvalue weighted by atomic mass is 10.1. The molecule has 0 aliphatic carbocycles. The van der Waals surface area contributed by atoms with Crippen LogP contribution in [0.1, 0.15) is 51.9 Å². The molecule has 0 spiro atoms. The highest BCUT2D eigenvalue weighted by Crippen LogP contribution is 2.29. The highest BCUT2D eigenvalue weighted by molar-refractivity contribution is 5.97. The van der Waals surface area contributed by atoms with E-state index in [9.17, 15) is 14.4 Å². The Kier molecular flexibility index (Phi) is 8.76. The van der Waals surface area contributed by atoms with E-state index < -0.39 is 30.1 Å². The largest absolute Gasteiger partial charge is 0.490 e. The third-order valence-electron chi connectivity index (χ3n) is 3.13. The Hall–Kier alpha value is -2.77. The highest BCUT2D eigenvalue weighted by Gasteiger charge is 2.18. The zero-order chi connectivity index (χ0) is 21.3. The minimum atomic E-state index is -0.725. The molecule has 0 fully saturated rings. The molecule has 0 aromatic heterocycles. The molecule has 28 heavy (non-hydrogen) atoms. The highest BCUT2D eigenvalue weighted by atomic mass is 16.5. The Balaban J connectivity index is 2.67. The van der Waals surface area contributed by atoms with Gasteiger partial charge in [0.05, 0.1) is 18.8 Å². The van der Waals surface area contributed by atoms with Gasteiger partial charge in [0.2, 0.25) is 0 Å². The van der Waals surface area contributed by atoms with Gasteiger partial charge in [-0.25, -0.2) is 9.59 Å². The van der Waals surface area contributed by atoms with Crippen LogP contribution in [0.3, 0.4) is 0 Å². The zero-order valence-corrected chi connectivity index (χ0v) is 17.4. The molecular formula is C20H30N2O6. The normalized spacial score (nSPS) is 11.0. The summed E-state index contributed by atoms with van der Waals surface area (Å²) in [5.74, 6) is -0.136. The van der Waals surface area contributed by atoms with Gasteiger partial charge >= 0.3 is 12.0 Å². The Morgan fingerprint density at radius 2 is 1.75 bits per heavy atom. The van der Waals surface area contributed by atoms with Crippen LogP contribution in [0.4, 0.5) is 4.79 Å². The van der Waals surface area contributed by atoms with Gasteiger partial charge < -0.3 is 19.5 Å². The number of rotatable bonds is 8. The quantitative estimate of drug-likeness (QED) is 0.657. The number of amides is 3. The van der Waals surface area contributed by atoms with Crippen LogP contribution in [0.5, 0.6) is 11.5 Å². The molecule has 0 unspecified atom stereocenters. The summed E-state index contributed by atoms with van der Waals surface area (Å²) < 4.78 is 16.2. The van der Waals surface area contributed by atoms with Gasteiger partial charge in [-0.05, 0) is 51.8 Å². The standard InChI is InChI=1S/C20H30N2O6/c1-7-26-16-10-14(8-9-15(16)27-11-13(2)3)18(24)28-12-17(23)21-19(25)22-20(4,5)6/h8-10,13H,7,11-12H2,1-6H3,(H2,21,22,23,25). The Labute approximate surface area is 165 Å². The van der Waals surface area contributed by atoms with Crippen molar-refractivity contribution in [2.75, 3.05) is 19.8 Å². The fraction of sp³-hybridized carbons (Fsp3) is 0.550. The summed E-state index contributed by atoms with van der Waals surface area (Å²) in [6.07, 6.45) is 0. The fourth-order valence-electron chi connectivity index (χ4n) is 2.03. The molecule has 1 rings (SSSR count). The van der Waals surface area contributed by atoms with E-state index in [2.05, 4.69) is 10.6 Å². The molecule has 0 heterocycles. The molecule has 0 aliphatic heterocycles. The van der Waals surface area contributed by atoms with E-state index in [0.29, 0.717) is 30.6 Å². The van der Waals surface area contributed by atoms with Crippen LogP contribution >= 0.6 is 0 Å². The molecule has 0 bridgehead atoms. The van der Waals surface area contributed by atoms with Crippen molar-refractivity contribution in [1.29, 1.82) is 0 Å². The van der Waals surface area contributed by atoms with E-state index in [-0.39, 0.29) is 5.56 Å². The van der Waals surface area contributed by atoms with Crippen LogP contribution in [0.2, 0.25) is 0 Å². The number of ether oxygens (including phenoxy) is 3. The van der Waals surface area contributed by atoms with E-state index in [1.54, 1.807) is 26.8 Å². The molecule has 8 nitrogen and oxygen atoms in total. The van der Waals surface area contributed by atoms with Gasteiger partial charge in [-0.3, -0.25) is 10.1 Å². The summed E-state index contributed by atoms with van der Waals surface area (Å²) in [7, 11) is 0. The van der Waals surface area contributed by atoms with Gasteiger partial charge in [-0.2, -0.15) is 0 Å². The summed E-state index contributed by atoms with van der Waals surface area (Å²) in [6, 6.07) is 4.01. The molecule has 0 aliphatic rings. The predicted molar refractivity (Wildman–Crippen MR) is 105 cm³/mol. The summed E-state index contributed by atoms with van der Waals surface area (Å²) >= 11 is 0. The summed E-state index contributed by atoms with van der Waals surface area (Å²) in [5.41, 5.74) is -0.275. The number of hydrogen-bond acceptors (Lipinski definition) is 6. The lowest BCUT2D eigenvalue weighted by Crippen LogP contribution is -2.49. The van der Waals surface area contributed by atoms with Crippen molar-refractivity contribution in [2.24, 2.45) is 5.92 Å². The van der Waals surface area contributed by atoms with E-state index in [1.807, 2.05) is 20.8 Å². The minimum absolute atomic E-state index is 0.215. The number of imide groups is 1. The van der Waals surface area contributed by atoms with Gasteiger partial charge in [-0.1, -0.05) is 13.8 Å². The number of benzene rings is 1. The van der Waals surface area contributed by atoms with Crippen molar-refractivity contribution >= 4 is 17.9 Å². The second-order valence-electron chi connectivity index (χ2n) is 7.63. The maximum absolute atomic E-state index is 12.2. The molecule has 0 saturated heterocycles. The second kappa shape index (κ2) is 10.5. The topological polar surface area (TPSA) is 103 Å². The zero-order valence-electron chi connectivity index (χ0n) is 17.4. The first kappa shape index (κ1) is 23.3. The van der Waals surface area contributed by atoms with Crippen molar-refractivity contribution in [3.8, 4) is 11.5 Å². The predicted octanol–water partition coefficient (Wildman–Crippen LogP) is 2.90. The molecule has 156 valence electrons. The number of esters is 1. The first-order valence-electron chi connectivity index (χ1n) is 9.20. The number of carbonyl (C=O) groups excluding carboxylic acids is 3. The lowest BCUT2D eigenvalue weighted by Gasteiger charge is -2.20. The number of hydrogen-bond donors (Lipinski definition) is 2. The van der Waals surface area contributed by atoms with Crippen molar-refractivity contribution in [3.05, 3.63) is 23.8 Å². The van der Waals surface area contributed by atoms with Crippen molar-refractivity contribution < 1.29 is 28.6 Å². The third-order valence-corrected chi connectivity index (χ3v) is 3.13. The van der Waals surface area contributed by atoms with E-state index in [0.717, 1.165) is 0 Å². The van der Waals surface area contributed by atoms with Gasteiger partial charge in [0, 0.05) is 5.54 Å². The maximum atomic E-state index is 12.2. The van der Waals surface area contributed by atoms with Crippen LogP contribution in [-0.4, -0.2) is 43.3 Å². The first-order chi connectivity index (χ1) is 13.0. The first-order valence-corrected chi connectivity index (χ1v) is 9.20. The molecule has 0 atom stereocenters. The molecule has 0 saturated carbocycles. The number of carbonyl (C=O) groups is 3. The monoisotopic (exact) mass is 394 g/mol. The summed E-state index contributed by atoms with van der Waals surface area (Å²) in [4.78, 5) is 35.6. The van der Waals surface area contributed by atoms with Crippen LogP contribution in [0.25, 0.3) is 0 Å². The number of nitrogens with one attached hydrogen (secondary N) is 2. The second-order valence-corrected chi connectivity index (χ2v) is 7.63. The van der Waals surface area contributed by atoms with E-state index in [4.69, 9.17) is 14.2 Å². The lowest BCUT2D eigenvalue weighted by molar-refractivity contribution is -0.123. The van der Waals surface area contributed by atoms with Gasteiger partial charge in [-0.15, -0.1) is 0 Å². The smallest absolute Gasteiger partial charge is 0.338 e. The molecule has 1 aromatic carbocycles. The Bertz CT molecular complexity index is 694. The fourth-order valence-corrected chi connectivity index (χ4v) is 2.03. The molecule has 1 aromatic rings. The van der Waals surface area contributed by atoms with Gasteiger partial charge in [0.25, 0.3) is 5.91 Å². The van der Waals surface area contributed by atoms with E-state index >= 15 is 0 Å². The van der Waals surface area contributed by atoms with Gasteiger partial charge in [0.1, 0.15) is 0 Å². The minimum Gasteiger partial charge on any atom is -0.490 e. The molecule has 3 amide bonds. The molecular weight excluding hydrogens is 364 g/mol. The van der Waals surface area contributed by atoms with Crippen LogP contribution in [-0.2, 0) is 9.53 Å². The van der Waals surface area contributed by atoms with Crippen LogP contribution < -0.4 is 20.1 Å². The average molecular weight is 394 g/mol. The molecule has 8 heteroatoms. The van der Waals surface area contributed by atoms with Gasteiger partial charge in [0.15, 0.2) is 18.1 Å². The Morgan fingerprint density at radius 1 is 1.07 bits per heavy atom. The maximum Gasteiger partial charge on any atom is 0.338 e. The summed E-state index contributed by atoms with van der Waals surface area (Å²) in [6.45, 7) is 11.6. The summed E-state index contributed by atoms with van der Waals surface area (Å²) in [5, 5.41) is 4.68. The molecule has 0 radical (unpaired) electrons. The SMILES string of the molecule is CCOc1cc(C(=O)OCC(=O)NC(=O)NC(C)(C)C)ccc1OCC(C)C. The average Bonchev–Trinajstić information content (AvgIpc) is 2.56. The van der Waals surface area contributed by atoms with Crippen molar-refractivity contribution in [3.63, 3.8) is 0 Å². The van der Waals surface area contributed by atoms with Crippen molar-refractivity contribution in [2.45, 2.75) is 47.1 Å². The number of urea groups is 1. The van der Waals surface area contributed by atoms with Crippen LogP contribution in [0.15, 0.2) is 18.2 Å². The third kappa shape index (κ3) is 8.75.